The van der Waals surface area contributed by atoms with E-state index >= 15 is 0 Å². The van der Waals surface area contributed by atoms with E-state index in [4.69, 9.17) is 21.4 Å². The minimum absolute atomic E-state index is 0.0311. The molecule has 4 nitrogen and oxygen atoms in total. The largest absolute Gasteiger partial charge is 0.495 e. The van der Waals surface area contributed by atoms with Crippen molar-refractivity contribution in [1.82, 2.24) is 5.32 Å². The number of ether oxygens (including phenoxy) is 1. The molecule has 19 heavy (non-hydrogen) atoms. The van der Waals surface area contributed by atoms with Crippen LogP contribution in [0.25, 0.3) is 0 Å². The van der Waals surface area contributed by atoms with Crippen molar-refractivity contribution in [2.45, 2.75) is 32.2 Å². The molecule has 0 heterocycles. The predicted octanol–water partition coefficient (Wildman–Crippen LogP) is 2.17. The van der Waals surface area contributed by atoms with Crippen molar-refractivity contribution in [3.05, 3.63) is 28.8 Å². The highest BCUT2D eigenvalue weighted by atomic mass is 35.5. The molecule has 1 aromatic rings. The van der Waals surface area contributed by atoms with Crippen LogP contribution in [0.2, 0.25) is 5.02 Å². The van der Waals surface area contributed by atoms with Crippen LogP contribution in [0.1, 0.15) is 25.3 Å². The lowest BCUT2D eigenvalue weighted by Gasteiger charge is -2.14. The summed E-state index contributed by atoms with van der Waals surface area (Å²) in [5.74, 6) is 0.564. The summed E-state index contributed by atoms with van der Waals surface area (Å²) in [7, 11) is 1.56. The SMILES string of the molecule is CC[C@@H](CO)NC(=O)CCc1ccc(OC)c(Cl)c1. The van der Waals surface area contributed by atoms with E-state index in [1.165, 1.54) is 0 Å². The molecule has 0 spiro atoms. The van der Waals surface area contributed by atoms with Crippen LogP contribution >= 0.6 is 11.6 Å². The summed E-state index contributed by atoms with van der Waals surface area (Å²) >= 11 is 6.02. The van der Waals surface area contributed by atoms with Gasteiger partial charge in [-0.1, -0.05) is 24.6 Å². The van der Waals surface area contributed by atoms with Crippen molar-refractivity contribution in [3.8, 4) is 5.75 Å². The monoisotopic (exact) mass is 285 g/mol. The molecular formula is C14H20ClNO3. The van der Waals surface area contributed by atoms with Crippen molar-refractivity contribution in [2.24, 2.45) is 0 Å². The maximum absolute atomic E-state index is 11.7. The lowest BCUT2D eigenvalue weighted by molar-refractivity contribution is -0.122. The number of aliphatic hydroxyl groups excluding tert-OH is 1. The fourth-order valence-corrected chi connectivity index (χ4v) is 1.98. The number of nitrogens with one attached hydrogen (secondary N) is 1. The Labute approximate surface area is 118 Å². The summed E-state index contributed by atoms with van der Waals surface area (Å²) in [6.45, 7) is 1.89. The van der Waals surface area contributed by atoms with Gasteiger partial charge in [0.1, 0.15) is 5.75 Å². The Kier molecular flexibility index (Phi) is 6.67. The van der Waals surface area contributed by atoms with Gasteiger partial charge in [0.25, 0.3) is 0 Å². The van der Waals surface area contributed by atoms with Gasteiger partial charge in [0.2, 0.25) is 5.91 Å². The van der Waals surface area contributed by atoms with E-state index in [0.717, 1.165) is 12.0 Å². The van der Waals surface area contributed by atoms with Crippen molar-refractivity contribution in [2.75, 3.05) is 13.7 Å². The zero-order valence-corrected chi connectivity index (χ0v) is 12.0. The first-order valence-corrected chi connectivity index (χ1v) is 6.71. The average Bonchev–Trinajstić information content (AvgIpc) is 2.42. The summed E-state index contributed by atoms with van der Waals surface area (Å²) < 4.78 is 5.07. The number of amides is 1. The van der Waals surface area contributed by atoms with Gasteiger partial charge in [0.15, 0.2) is 0 Å². The van der Waals surface area contributed by atoms with Crippen LogP contribution in [-0.2, 0) is 11.2 Å². The molecule has 0 saturated carbocycles. The van der Waals surface area contributed by atoms with Crippen LogP contribution in [0.5, 0.6) is 5.75 Å². The van der Waals surface area contributed by atoms with Gasteiger partial charge in [-0.15, -0.1) is 0 Å². The minimum atomic E-state index is -0.160. The highest BCUT2D eigenvalue weighted by Gasteiger charge is 2.09. The molecule has 0 aliphatic carbocycles. The highest BCUT2D eigenvalue weighted by Crippen LogP contribution is 2.25. The number of aliphatic hydroxyl groups is 1. The van der Waals surface area contributed by atoms with Crippen LogP contribution < -0.4 is 10.1 Å². The Balaban J connectivity index is 2.48. The fraction of sp³-hybridized carbons (Fsp3) is 0.500. The number of aryl methyl sites for hydroxylation is 1. The van der Waals surface area contributed by atoms with Crippen LogP contribution in [0.4, 0.5) is 0 Å². The first-order valence-electron chi connectivity index (χ1n) is 6.33. The molecule has 106 valence electrons. The molecule has 2 N–H and O–H groups in total. The van der Waals surface area contributed by atoms with Crippen LogP contribution in [0.15, 0.2) is 18.2 Å². The molecule has 0 aliphatic rings. The maximum atomic E-state index is 11.7. The topological polar surface area (TPSA) is 58.6 Å². The van der Waals surface area contributed by atoms with Crippen LogP contribution in [0.3, 0.4) is 0 Å². The molecule has 0 radical (unpaired) electrons. The summed E-state index contributed by atoms with van der Waals surface area (Å²) in [5.41, 5.74) is 0.984. The smallest absolute Gasteiger partial charge is 0.220 e. The van der Waals surface area contributed by atoms with Crippen LogP contribution in [0, 0.1) is 0 Å². The third kappa shape index (κ3) is 5.09. The number of methoxy groups -OCH3 is 1. The molecule has 1 amide bonds. The van der Waals surface area contributed by atoms with E-state index in [1.54, 1.807) is 19.2 Å². The fourth-order valence-electron chi connectivity index (χ4n) is 1.70. The zero-order chi connectivity index (χ0) is 14.3. The molecule has 0 aliphatic heterocycles. The second-order valence-corrected chi connectivity index (χ2v) is 4.73. The average molecular weight is 286 g/mol. The number of hydrogen-bond acceptors (Lipinski definition) is 3. The summed E-state index contributed by atoms with van der Waals surface area (Å²) in [6.07, 6.45) is 1.70. The third-order valence-electron chi connectivity index (χ3n) is 2.94. The van der Waals surface area contributed by atoms with Crippen LogP contribution in [-0.4, -0.2) is 30.8 Å². The van der Waals surface area contributed by atoms with E-state index in [0.29, 0.717) is 23.6 Å². The lowest BCUT2D eigenvalue weighted by Crippen LogP contribution is -2.37. The summed E-state index contributed by atoms with van der Waals surface area (Å²) in [6, 6.07) is 5.32. The Morgan fingerprint density at radius 3 is 2.79 bits per heavy atom. The normalized spacial score (nSPS) is 12.0. The van der Waals surface area contributed by atoms with E-state index < -0.39 is 0 Å². The van der Waals surface area contributed by atoms with E-state index in [9.17, 15) is 4.79 Å². The molecule has 1 aromatic carbocycles. The molecule has 0 aromatic heterocycles. The molecule has 1 rings (SSSR count). The quantitative estimate of drug-likeness (QED) is 0.807. The summed E-state index contributed by atoms with van der Waals surface area (Å²) in [4.78, 5) is 11.7. The van der Waals surface area contributed by atoms with Gasteiger partial charge in [-0.25, -0.2) is 0 Å². The Morgan fingerprint density at radius 2 is 2.26 bits per heavy atom. The van der Waals surface area contributed by atoms with E-state index in [1.807, 2.05) is 13.0 Å². The van der Waals surface area contributed by atoms with E-state index in [2.05, 4.69) is 5.32 Å². The van der Waals surface area contributed by atoms with Gasteiger partial charge in [0, 0.05) is 6.42 Å². The van der Waals surface area contributed by atoms with Gasteiger partial charge in [0.05, 0.1) is 24.8 Å². The maximum Gasteiger partial charge on any atom is 0.220 e. The first-order chi connectivity index (χ1) is 9.10. The molecule has 1 atom stereocenters. The predicted molar refractivity (Wildman–Crippen MR) is 75.6 cm³/mol. The van der Waals surface area contributed by atoms with Gasteiger partial charge >= 0.3 is 0 Å². The van der Waals surface area contributed by atoms with Gasteiger partial charge in [-0.3, -0.25) is 4.79 Å². The Hall–Kier alpha value is -1.26. The molecule has 5 heteroatoms. The number of hydrogen-bond donors (Lipinski definition) is 2. The lowest BCUT2D eigenvalue weighted by atomic mass is 10.1. The minimum Gasteiger partial charge on any atom is -0.495 e. The van der Waals surface area contributed by atoms with Crippen molar-refractivity contribution in [1.29, 1.82) is 0 Å². The molecule has 0 fully saturated rings. The van der Waals surface area contributed by atoms with E-state index in [-0.39, 0.29) is 18.6 Å². The molecular weight excluding hydrogens is 266 g/mol. The third-order valence-corrected chi connectivity index (χ3v) is 3.23. The standard InChI is InChI=1S/C14H20ClNO3/c1-3-11(9-17)16-14(18)7-5-10-4-6-13(19-2)12(15)8-10/h4,6,8,11,17H,3,5,7,9H2,1-2H3,(H,16,18)/t11-/m0/s1. The van der Waals surface area contributed by atoms with Crippen molar-refractivity contribution < 1.29 is 14.6 Å². The number of benzene rings is 1. The zero-order valence-electron chi connectivity index (χ0n) is 11.3. The second-order valence-electron chi connectivity index (χ2n) is 4.32. The highest BCUT2D eigenvalue weighted by molar-refractivity contribution is 6.32. The molecule has 0 unspecified atom stereocenters. The molecule has 0 saturated heterocycles. The van der Waals surface area contributed by atoms with Gasteiger partial charge < -0.3 is 15.2 Å². The molecule has 0 bridgehead atoms. The van der Waals surface area contributed by atoms with Crippen molar-refractivity contribution >= 4 is 17.5 Å². The number of carbonyl (C=O) groups excluding carboxylic acids is 1. The van der Waals surface area contributed by atoms with Gasteiger partial charge in [-0.2, -0.15) is 0 Å². The van der Waals surface area contributed by atoms with Gasteiger partial charge in [-0.05, 0) is 30.5 Å². The first kappa shape index (κ1) is 15.8. The Morgan fingerprint density at radius 1 is 1.53 bits per heavy atom. The second kappa shape index (κ2) is 8.02. The number of rotatable bonds is 7. The number of carbonyl (C=O) groups is 1. The number of halogens is 1. The summed E-state index contributed by atoms with van der Waals surface area (Å²) in [5, 5.41) is 12.3. The van der Waals surface area contributed by atoms with Crippen molar-refractivity contribution in [3.63, 3.8) is 0 Å². The Bertz CT molecular complexity index is 419.